The first-order chi connectivity index (χ1) is 13.9. The Morgan fingerprint density at radius 1 is 1.10 bits per heavy atom. The minimum absolute atomic E-state index is 0.188. The van der Waals surface area contributed by atoms with E-state index in [1.54, 1.807) is 13.1 Å². The first-order valence-electron chi connectivity index (χ1n) is 9.96. The fraction of sp³-hybridized carbons (Fsp3) is 0.333. The topological polar surface area (TPSA) is 56.1 Å². The van der Waals surface area contributed by atoms with Crippen molar-refractivity contribution in [3.8, 4) is 5.75 Å². The SMILES string of the molecule is Cc1cc(O[C@@H](C)C(=O)N[C@@H](c2ccccc2)c2nccn2C)ccc1C(C)C. The summed E-state index contributed by atoms with van der Waals surface area (Å²) in [7, 11) is 1.92. The molecule has 0 saturated heterocycles. The van der Waals surface area contributed by atoms with Crippen molar-refractivity contribution in [2.45, 2.75) is 45.8 Å². The van der Waals surface area contributed by atoms with Gasteiger partial charge in [0.05, 0.1) is 0 Å². The van der Waals surface area contributed by atoms with Crippen LogP contribution in [-0.4, -0.2) is 21.6 Å². The number of carbonyl (C=O) groups is 1. The maximum Gasteiger partial charge on any atom is 0.261 e. The zero-order chi connectivity index (χ0) is 21.0. The number of nitrogens with one attached hydrogen (secondary N) is 1. The summed E-state index contributed by atoms with van der Waals surface area (Å²) in [4.78, 5) is 17.4. The van der Waals surface area contributed by atoms with Crippen LogP contribution in [0.5, 0.6) is 5.75 Å². The van der Waals surface area contributed by atoms with Gasteiger partial charge in [0, 0.05) is 19.4 Å². The summed E-state index contributed by atoms with van der Waals surface area (Å²) < 4.78 is 7.85. The number of carbonyl (C=O) groups excluding carboxylic acids is 1. The summed E-state index contributed by atoms with van der Waals surface area (Å²) >= 11 is 0. The molecule has 1 N–H and O–H groups in total. The molecule has 0 aliphatic carbocycles. The van der Waals surface area contributed by atoms with E-state index < -0.39 is 6.10 Å². The molecule has 2 atom stereocenters. The van der Waals surface area contributed by atoms with Gasteiger partial charge in [-0.3, -0.25) is 4.79 Å². The molecule has 152 valence electrons. The molecule has 0 bridgehead atoms. The van der Waals surface area contributed by atoms with Crippen molar-refractivity contribution < 1.29 is 9.53 Å². The lowest BCUT2D eigenvalue weighted by atomic mass is 9.98. The monoisotopic (exact) mass is 391 g/mol. The van der Waals surface area contributed by atoms with Gasteiger partial charge in [0.2, 0.25) is 0 Å². The van der Waals surface area contributed by atoms with Crippen LogP contribution in [0.25, 0.3) is 0 Å². The second-order valence-electron chi connectivity index (χ2n) is 7.68. The van der Waals surface area contributed by atoms with Gasteiger partial charge in [-0.05, 0) is 48.6 Å². The van der Waals surface area contributed by atoms with E-state index >= 15 is 0 Å². The number of hydrogen-bond donors (Lipinski definition) is 1. The molecule has 0 aliphatic heterocycles. The van der Waals surface area contributed by atoms with Crippen LogP contribution < -0.4 is 10.1 Å². The Morgan fingerprint density at radius 2 is 1.83 bits per heavy atom. The molecule has 0 fully saturated rings. The molecule has 0 aliphatic rings. The van der Waals surface area contributed by atoms with Crippen molar-refractivity contribution >= 4 is 5.91 Å². The van der Waals surface area contributed by atoms with Crippen LogP contribution in [0.2, 0.25) is 0 Å². The fourth-order valence-corrected chi connectivity index (χ4v) is 3.48. The minimum atomic E-state index is -0.634. The van der Waals surface area contributed by atoms with Crippen LogP contribution in [0.15, 0.2) is 60.9 Å². The number of benzene rings is 2. The Kier molecular flexibility index (Phi) is 6.37. The molecule has 1 amide bonds. The number of imidazole rings is 1. The summed E-state index contributed by atoms with van der Waals surface area (Å²) in [6.07, 6.45) is 2.97. The number of ether oxygens (including phenoxy) is 1. The molecule has 0 saturated carbocycles. The van der Waals surface area contributed by atoms with Crippen LogP contribution >= 0.6 is 0 Å². The van der Waals surface area contributed by atoms with Gasteiger partial charge in [0.25, 0.3) is 5.91 Å². The zero-order valence-electron chi connectivity index (χ0n) is 17.7. The normalized spacial score (nSPS) is 13.2. The van der Waals surface area contributed by atoms with Crippen molar-refractivity contribution in [3.05, 3.63) is 83.4 Å². The van der Waals surface area contributed by atoms with E-state index in [4.69, 9.17) is 4.74 Å². The van der Waals surface area contributed by atoms with Crippen molar-refractivity contribution in [2.24, 2.45) is 7.05 Å². The van der Waals surface area contributed by atoms with Crippen molar-refractivity contribution in [1.29, 1.82) is 0 Å². The summed E-state index contributed by atoms with van der Waals surface area (Å²) in [5, 5.41) is 3.09. The molecule has 0 radical (unpaired) electrons. The van der Waals surface area contributed by atoms with Crippen LogP contribution in [0.1, 0.15) is 55.2 Å². The highest BCUT2D eigenvalue weighted by Crippen LogP contribution is 2.25. The lowest BCUT2D eigenvalue weighted by Gasteiger charge is -2.22. The molecular formula is C24H29N3O2. The number of aromatic nitrogens is 2. The van der Waals surface area contributed by atoms with Crippen LogP contribution in [0.4, 0.5) is 0 Å². The number of nitrogens with zero attached hydrogens (tertiary/aromatic N) is 2. The van der Waals surface area contributed by atoms with Crippen molar-refractivity contribution in [1.82, 2.24) is 14.9 Å². The van der Waals surface area contributed by atoms with Gasteiger partial charge in [0.1, 0.15) is 17.6 Å². The van der Waals surface area contributed by atoms with E-state index in [9.17, 15) is 4.79 Å². The third-order valence-corrected chi connectivity index (χ3v) is 5.08. The molecule has 3 aromatic rings. The Bertz CT molecular complexity index is 963. The Hall–Kier alpha value is -3.08. The van der Waals surface area contributed by atoms with E-state index in [-0.39, 0.29) is 11.9 Å². The van der Waals surface area contributed by atoms with E-state index in [0.717, 1.165) is 11.4 Å². The average molecular weight is 392 g/mol. The van der Waals surface area contributed by atoms with E-state index in [1.165, 1.54) is 11.1 Å². The third kappa shape index (κ3) is 4.86. The molecule has 5 heteroatoms. The van der Waals surface area contributed by atoms with Crippen LogP contribution in [0.3, 0.4) is 0 Å². The number of hydrogen-bond acceptors (Lipinski definition) is 3. The highest BCUT2D eigenvalue weighted by Gasteiger charge is 2.24. The number of amides is 1. The van der Waals surface area contributed by atoms with Crippen molar-refractivity contribution in [3.63, 3.8) is 0 Å². The fourth-order valence-electron chi connectivity index (χ4n) is 3.48. The lowest BCUT2D eigenvalue weighted by Crippen LogP contribution is -2.39. The third-order valence-electron chi connectivity index (χ3n) is 5.08. The largest absolute Gasteiger partial charge is 0.481 e. The van der Waals surface area contributed by atoms with Gasteiger partial charge in [-0.1, -0.05) is 50.2 Å². The standard InChI is InChI=1S/C24H29N3O2/c1-16(2)21-12-11-20(15-17(21)3)29-18(4)24(28)26-22(19-9-7-6-8-10-19)23-25-13-14-27(23)5/h6-16,18,22H,1-5H3,(H,26,28)/t18-,22-/m0/s1. The Labute approximate surface area is 172 Å². The van der Waals surface area contributed by atoms with Crippen LogP contribution in [0, 0.1) is 6.92 Å². The summed E-state index contributed by atoms with van der Waals surface area (Å²) in [5.41, 5.74) is 3.42. The minimum Gasteiger partial charge on any atom is -0.481 e. The zero-order valence-corrected chi connectivity index (χ0v) is 17.7. The molecule has 2 aromatic carbocycles. The van der Waals surface area contributed by atoms with Crippen molar-refractivity contribution in [2.75, 3.05) is 0 Å². The maximum atomic E-state index is 12.9. The smallest absolute Gasteiger partial charge is 0.261 e. The molecule has 5 nitrogen and oxygen atoms in total. The second kappa shape index (κ2) is 8.95. The Balaban J connectivity index is 1.76. The average Bonchev–Trinajstić information content (AvgIpc) is 3.12. The van der Waals surface area contributed by atoms with E-state index in [0.29, 0.717) is 11.7 Å². The van der Waals surface area contributed by atoms with Gasteiger partial charge in [-0.25, -0.2) is 4.98 Å². The van der Waals surface area contributed by atoms with Gasteiger partial charge in [-0.15, -0.1) is 0 Å². The second-order valence-corrected chi connectivity index (χ2v) is 7.68. The highest BCUT2D eigenvalue weighted by molar-refractivity contribution is 5.81. The number of rotatable bonds is 7. The molecule has 1 heterocycles. The van der Waals surface area contributed by atoms with Gasteiger partial charge in [0.15, 0.2) is 6.10 Å². The predicted molar refractivity (Wildman–Crippen MR) is 115 cm³/mol. The van der Waals surface area contributed by atoms with E-state index in [1.807, 2.05) is 60.3 Å². The molecule has 0 spiro atoms. The maximum absolute atomic E-state index is 12.9. The summed E-state index contributed by atoms with van der Waals surface area (Å²) in [6, 6.07) is 15.5. The molecular weight excluding hydrogens is 362 g/mol. The van der Waals surface area contributed by atoms with Gasteiger partial charge >= 0.3 is 0 Å². The summed E-state index contributed by atoms with van der Waals surface area (Å²) in [6.45, 7) is 8.17. The molecule has 29 heavy (non-hydrogen) atoms. The first kappa shape index (κ1) is 20.6. The van der Waals surface area contributed by atoms with E-state index in [2.05, 4.69) is 37.1 Å². The first-order valence-corrected chi connectivity index (χ1v) is 9.96. The molecule has 3 rings (SSSR count). The van der Waals surface area contributed by atoms with Crippen LogP contribution in [-0.2, 0) is 11.8 Å². The highest BCUT2D eigenvalue weighted by atomic mass is 16.5. The molecule has 1 aromatic heterocycles. The molecule has 0 unspecified atom stereocenters. The lowest BCUT2D eigenvalue weighted by molar-refractivity contribution is -0.127. The van der Waals surface area contributed by atoms with Gasteiger partial charge in [-0.2, -0.15) is 0 Å². The quantitative estimate of drug-likeness (QED) is 0.644. The van der Waals surface area contributed by atoms with Gasteiger partial charge < -0.3 is 14.6 Å². The summed E-state index contributed by atoms with van der Waals surface area (Å²) in [5.74, 6) is 1.73. The number of aryl methyl sites for hydroxylation is 2. The Morgan fingerprint density at radius 3 is 2.41 bits per heavy atom. The predicted octanol–water partition coefficient (Wildman–Crippen LogP) is 4.53.